The fourth-order valence-corrected chi connectivity index (χ4v) is 2.06. The van der Waals surface area contributed by atoms with E-state index in [4.69, 9.17) is 11.6 Å². The molecule has 1 N–H and O–H groups in total. The molecule has 0 radical (unpaired) electrons. The Balaban J connectivity index is 2.24. The summed E-state index contributed by atoms with van der Waals surface area (Å²) >= 11 is 5.79. The summed E-state index contributed by atoms with van der Waals surface area (Å²) in [7, 11) is 0. The first kappa shape index (κ1) is 14.9. The molecule has 1 amide bonds. The summed E-state index contributed by atoms with van der Waals surface area (Å²) < 4.78 is 0. The van der Waals surface area contributed by atoms with Crippen LogP contribution in [0.1, 0.15) is 21.7 Å². The van der Waals surface area contributed by atoms with Gasteiger partial charge in [-0.1, -0.05) is 11.6 Å². The van der Waals surface area contributed by atoms with Gasteiger partial charge >= 0.3 is 0 Å². The lowest BCUT2D eigenvalue weighted by molar-refractivity contribution is -0.384. The molecule has 1 aromatic heterocycles. The number of amides is 1. The molecule has 0 bridgehead atoms. The van der Waals surface area contributed by atoms with Gasteiger partial charge in [0.25, 0.3) is 11.6 Å². The van der Waals surface area contributed by atoms with Crippen LogP contribution in [-0.2, 0) is 0 Å². The van der Waals surface area contributed by atoms with E-state index in [0.29, 0.717) is 11.4 Å². The molecule has 2 rings (SSSR count). The van der Waals surface area contributed by atoms with Gasteiger partial charge in [-0.25, -0.2) is 0 Å². The van der Waals surface area contributed by atoms with Crippen LogP contribution >= 0.6 is 11.6 Å². The topological polar surface area (TPSA) is 85.1 Å². The molecular formula is C14H12ClN3O3. The van der Waals surface area contributed by atoms with Crippen molar-refractivity contribution in [3.05, 3.63) is 62.4 Å². The van der Waals surface area contributed by atoms with E-state index in [1.165, 1.54) is 18.2 Å². The Morgan fingerprint density at radius 1 is 1.29 bits per heavy atom. The van der Waals surface area contributed by atoms with Crippen LogP contribution in [0, 0.1) is 24.0 Å². The van der Waals surface area contributed by atoms with Crippen molar-refractivity contribution >= 4 is 28.9 Å². The van der Waals surface area contributed by atoms with E-state index in [-0.39, 0.29) is 16.3 Å². The maximum absolute atomic E-state index is 12.1. The SMILES string of the molecule is Cc1ccc(NC(=O)c2ccc([N+](=O)[O-])c(Cl)c2)c(C)n1. The number of nitro benzene ring substituents is 1. The van der Waals surface area contributed by atoms with Crippen LogP contribution in [0.5, 0.6) is 0 Å². The quantitative estimate of drug-likeness (QED) is 0.694. The van der Waals surface area contributed by atoms with Gasteiger partial charge in [-0.05, 0) is 38.1 Å². The number of nitrogens with one attached hydrogen (secondary N) is 1. The third-order valence-electron chi connectivity index (χ3n) is 2.88. The smallest absolute Gasteiger partial charge is 0.287 e. The Labute approximate surface area is 125 Å². The molecule has 0 unspecified atom stereocenters. The van der Waals surface area contributed by atoms with Gasteiger partial charge in [0, 0.05) is 17.3 Å². The van der Waals surface area contributed by atoms with E-state index in [1.807, 2.05) is 6.92 Å². The lowest BCUT2D eigenvalue weighted by Crippen LogP contribution is -2.13. The Kier molecular flexibility index (Phi) is 4.18. The summed E-state index contributed by atoms with van der Waals surface area (Å²) in [4.78, 5) is 26.4. The highest BCUT2D eigenvalue weighted by Crippen LogP contribution is 2.25. The number of pyridine rings is 1. The molecule has 1 heterocycles. The molecule has 0 atom stereocenters. The zero-order valence-corrected chi connectivity index (χ0v) is 12.1. The number of hydrogen-bond donors (Lipinski definition) is 1. The predicted molar refractivity (Wildman–Crippen MR) is 79.8 cm³/mol. The van der Waals surface area contributed by atoms with Crippen LogP contribution in [0.3, 0.4) is 0 Å². The number of aryl methyl sites for hydroxylation is 2. The fourth-order valence-electron chi connectivity index (χ4n) is 1.81. The number of benzene rings is 1. The maximum atomic E-state index is 12.1. The predicted octanol–water partition coefficient (Wildman–Crippen LogP) is 3.51. The van der Waals surface area contributed by atoms with Crippen LogP contribution in [0.4, 0.5) is 11.4 Å². The summed E-state index contributed by atoms with van der Waals surface area (Å²) in [5.41, 5.74) is 2.13. The molecule has 1 aromatic carbocycles. The van der Waals surface area contributed by atoms with Gasteiger partial charge in [-0.2, -0.15) is 0 Å². The van der Waals surface area contributed by atoms with Crippen molar-refractivity contribution in [3.8, 4) is 0 Å². The normalized spacial score (nSPS) is 10.2. The maximum Gasteiger partial charge on any atom is 0.287 e. The highest BCUT2D eigenvalue weighted by molar-refractivity contribution is 6.33. The van der Waals surface area contributed by atoms with Gasteiger partial charge in [0.1, 0.15) is 5.02 Å². The molecule has 108 valence electrons. The largest absolute Gasteiger partial charge is 0.320 e. The second-order valence-corrected chi connectivity index (χ2v) is 4.87. The van der Waals surface area contributed by atoms with Crippen LogP contribution in [0.15, 0.2) is 30.3 Å². The Bertz CT molecular complexity index is 731. The van der Waals surface area contributed by atoms with Crippen molar-refractivity contribution < 1.29 is 9.72 Å². The van der Waals surface area contributed by atoms with E-state index in [2.05, 4.69) is 10.3 Å². The van der Waals surface area contributed by atoms with Crippen LogP contribution < -0.4 is 5.32 Å². The molecule has 21 heavy (non-hydrogen) atoms. The summed E-state index contributed by atoms with van der Waals surface area (Å²) in [6.07, 6.45) is 0. The van der Waals surface area contributed by atoms with Crippen molar-refractivity contribution in [2.45, 2.75) is 13.8 Å². The van der Waals surface area contributed by atoms with Crippen molar-refractivity contribution in [1.29, 1.82) is 0 Å². The zero-order chi connectivity index (χ0) is 15.6. The van der Waals surface area contributed by atoms with Crippen molar-refractivity contribution in [3.63, 3.8) is 0 Å². The highest BCUT2D eigenvalue weighted by atomic mass is 35.5. The van der Waals surface area contributed by atoms with Crippen molar-refractivity contribution in [1.82, 2.24) is 4.98 Å². The molecule has 0 saturated heterocycles. The molecular weight excluding hydrogens is 294 g/mol. The first-order valence-corrected chi connectivity index (χ1v) is 6.46. The highest BCUT2D eigenvalue weighted by Gasteiger charge is 2.15. The summed E-state index contributed by atoms with van der Waals surface area (Å²) in [6, 6.07) is 7.37. The van der Waals surface area contributed by atoms with Gasteiger partial charge in [-0.15, -0.1) is 0 Å². The molecule has 2 aromatic rings. The third kappa shape index (κ3) is 3.35. The third-order valence-corrected chi connectivity index (χ3v) is 3.18. The summed E-state index contributed by atoms with van der Waals surface area (Å²) in [6.45, 7) is 3.64. The number of carbonyl (C=O) groups is 1. The standard InChI is InChI=1S/C14H12ClN3O3/c1-8-3-5-12(9(2)16-8)17-14(19)10-4-6-13(18(20)21)11(15)7-10/h3-7H,1-2H3,(H,17,19). The number of carbonyl (C=O) groups excluding carboxylic acids is 1. The van der Waals surface area contributed by atoms with E-state index >= 15 is 0 Å². The van der Waals surface area contributed by atoms with Crippen LogP contribution in [0.2, 0.25) is 5.02 Å². The van der Waals surface area contributed by atoms with Crippen LogP contribution in [0.25, 0.3) is 0 Å². The number of rotatable bonds is 3. The van der Waals surface area contributed by atoms with E-state index < -0.39 is 10.8 Å². The molecule has 0 aliphatic rings. The molecule has 6 nitrogen and oxygen atoms in total. The molecule has 0 spiro atoms. The van der Waals surface area contributed by atoms with Gasteiger partial charge in [0.05, 0.1) is 16.3 Å². The summed E-state index contributed by atoms with van der Waals surface area (Å²) in [5.74, 6) is -0.402. The minimum atomic E-state index is -0.599. The number of hydrogen-bond acceptors (Lipinski definition) is 4. The van der Waals surface area contributed by atoms with Gasteiger partial charge in [0.2, 0.25) is 0 Å². The number of halogens is 1. The molecule has 0 aliphatic heterocycles. The number of nitro groups is 1. The lowest BCUT2D eigenvalue weighted by atomic mass is 10.2. The number of anilines is 1. The molecule has 7 heteroatoms. The number of aromatic nitrogens is 1. The van der Waals surface area contributed by atoms with E-state index in [0.717, 1.165) is 5.69 Å². The minimum absolute atomic E-state index is 0.0774. The molecule has 0 aliphatic carbocycles. The van der Waals surface area contributed by atoms with Crippen LogP contribution in [-0.4, -0.2) is 15.8 Å². The van der Waals surface area contributed by atoms with Crippen molar-refractivity contribution in [2.75, 3.05) is 5.32 Å². The Morgan fingerprint density at radius 3 is 2.57 bits per heavy atom. The Hall–Kier alpha value is -2.47. The summed E-state index contributed by atoms with van der Waals surface area (Å²) in [5, 5.41) is 13.3. The molecule has 0 fully saturated rings. The monoisotopic (exact) mass is 305 g/mol. The first-order valence-electron chi connectivity index (χ1n) is 6.08. The Morgan fingerprint density at radius 2 is 2.00 bits per heavy atom. The van der Waals surface area contributed by atoms with E-state index in [1.54, 1.807) is 19.1 Å². The van der Waals surface area contributed by atoms with Gasteiger partial charge in [-0.3, -0.25) is 19.9 Å². The number of nitrogens with zero attached hydrogens (tertiary/aromatic N) is 2. The fraction of sp³-hybridized carbons (Fsp3) is 0.143. The van der Waals surface area contributed by atoms with Crippen molar-refractivity contribution in [2.24, 2.45) is 0 Å². The average molecular weight is 306 g/mol. The molecule has 0 saturated carbocycles. The van der Waals surface area contributed by atoms with Gasteiger partial charge in [0.15, 0.2) is 0 Å². The lowest BCUT2D eigenvalue weighted by Gasteiger charge is -2.08. The second kappa shape index (κ2) is 5.88. The van der Waals surface area contributed by atoms with E-state index in [9.17, 15) is 14.9 Å². The second-order valence-electron chi connectivity index (χ2n) is 4.46. The average Bonchev–Trinajstić information content (AvgIpc) is 2.41. The zero-order valence-electron chi connectivity index (χ0n) is 11.4. The first-order chi connectivity index (χ1) is 9.88. The van der Waals surface area contributed by atoms with Gasteiger partial charge < -0.3 is 5.32 Å². The minimum Gasteiger partial charge on any atom is -0.320 e.